The zero-order chi connectivity index (χ0) is 14.8. The number of carbonyl (C=O) groups is 1. The Bertz CT molecular complexity index is 599. The fourth-order valence-electron chi connectivity index (χ4n) is 1.74. The molecule has 0 aliphatic heterocycles. The minimum Gasteiger partial charge on any atom is -0.298 e. The predicted octanol–water partition coefficient (Wildman–Crippen LogP) is 3.82. The van der Waals surface area contributed by atoms with Gasteiger partial charge in [0, 0.05) is 5.56 Å². The second-order valence-corrected chi connectivity index (χ2v) is 5.79. The standard InChI is InChI=1S/C12H11P.C7H6O/c1-3-7-11(8-4-1)13-12-9-5-2-6-10-12;8-6-7-4-2-1-3-5-7/h1-10,13H;1-6H. The Hall–Kier alpha value is -2.24. The number of hydrogen-bond donors (Lipinski definition) is 0. The van der Waals surface area contributed by atoms with E-state index in [0.29, 0.717) is 0 Å². The third-order valence-electron chi connectivity index (χ3n) is 2.77. The van der Waals surface area contributed by atoms with Crippen LogP contribution in [0.15, 0.2) is 91.0 Å². The number of aldehydes is 1. The van der Waals surface area contributed by atoms with Gasteiger partial charge < -0.3 is 0 Å². The van der Waals surface area contributed by atoms with Gasteiger partial charge in [-0.15, -0.1) is 0 Å². The van der Waals surface area contributed by atoms with Gasteiger partial charge in [-0.05, 0) is 10.6 Å². The van der Waals surface area contributed by atoms with Crippen molar-refractivity contribution in [1.29, 1.82) is 0 Å². The quantitative estimate of drug-likeness (QED) is 0.530. The molecule has 0 fully saturated rings. The van der Waals surface area contributed by atoms with E-state index in [9.17, 15) is 4.79 Å². The Morgan fingerprint density at radius 3 is 1.29 bits per heavy atom. The molecule has 0 radical (unpaired) electrons. The molecule has 0 unspecified atom stereocenters. The van der Waals surface area contributed by atoms with Gasteiger partial charge >= 0.3 is 0 Å². The van der Waals surface area contributed by atoms with Crippen LogP contribution in [0.4, 0.5) is 0 Å². The summed E-state index contributed by atoms with van der Waals surface area (Å²) < 4.78 is 0. The fraction of sp³-hybridized carbons (Fsp3) is 0. The van der Waals surface area contributed by atoms with Crippen molar-refractivity contribution in [2.75, 3.05) is 0 Å². The van der Waals surface area contributed by atoms with Crippen molar-refractivity contribution in [1.82, 2.24) is 0 Å². The van der Waals surface area contributed by atoms with Crippen LogP contribution in [0.1, 0.15) is 10.4 Å². The normalized spacial score (nSPS) is 9.33. The van der Waals surface area contributed by atoms with E-state index in [2.05, 4.69) is 60.7 Å². The van der Waals surface area contributed by atoms with Crippen molar-refractivity contribution in [3.8, 4) is 0 Å². The molecule has 3 aromatic carbocycles. The van der Waals surface area contributed by atoms with Gasteiger partial charge in [-0.25, -0.2) is 0 Å². The minimum absolute atomic E-state index is 0.729. The Morgan fingerprint density at radius 1 is 0.571 bits per heavy atom. The summed E-state index contributed by atoms with van der Waals surface area (Å²) in [6.45, 7) is 0. The van der Waals surface area contributed by atoms with Crippen LogP contribution in [0.2, 0.25) is 0 Å². The van der Waals surface area contributed by atoms with E-state index in [4.69, 9.17) is 0 Å². The van der Waals surface area contributed by atoms with Crippen LogP contribution in [-0.4, -0.2) is 6.29 Å². The molecule has 3 aromatic rings. The molecule has 0 aliphatic carbocycles. The zero-order valence-electron chi connectivity index (χ0n) is 11.6. The maximum absolute atomic E-state index is 10.0. The molecular formula is C19H17OP. The molecule has 1 nitrogen and oxygen atoms in total. The fourth-order valence-corrected chi connectivity index (χ4v) is 2.79. The van der Waals surface area contributed by atoms with Crippen LogP contribution in [0.5, 0.6) is 0 Å². The van der Waals surface area contributed by atoms with Crippen molar-refractivity contribution in [2.24, 2.45) is 0 Å². The molecule has 3 rings (SSSR count). The zero-order valence-corrected chi connectivity index (χ0v) is 12.6. The molecule has 0 heterocycles. The second-order valence-electron chi connectivity index (χ2n) is 4.39. The average molecular weight is 292 g/mol. The molecule has 0 saturated heterocycles. The molecule has 2 heteroatoms. The van der Waals surface area contributed by atoms with Crippen LogP contribution >= 0.6 is 8.58 Å². The minimum atomic E-state index is 0.729. The van der Waals surface area contributed by atoms with Gasteiger partial charge in [-0.2, -0.15) is 0 Å². The summed E-state index contributed by atoms with van der Waals surface area (Å²) in [4.78, 5) is 10.0. The van der Waals surface area contributed by atoms with Crippen LogP contribution in [0.25, 0.3) is 0 Å². The van der Waals surface area contributed by atoms with Gasteiger partial charge in [0.15, 0.2) is 0 Å². The summed E-state index contributed by atoms with van der Waals surface area (Å²) in [5.41, 5.74) is 0.729. The summed E-state index contributed by atoms with van der Waals surface area (Å²) in [7, 11) is 0.777. The summed E-state index contributed by atoms with van der Waals surface area (Å²) >= 11 is 0. The first-order valence-corrected chi connectivity index (χ1v) is 7.76. The Morgan fingerprint density at radius 2 is 0.952 bits per heavy atom. The maximum Gasteiger partial charge on any atom is 0.150 e. The second kappa shape index (κ2) is 8.84. The lowest BCUT2D eigenvalue weighted by atomic mass is 10.2. The largest absolute Gasteiger partial charge is 0.298 e. The van der Waals surface area contributed by atoms with E-state index in [1.807, 2.05) is 18.2 Å². The van der Waals surface area contributed by atoms with Crippen molar-refractivity contribution in [2.45, 2.75) is 0 Å². The topological polar surface area (TPSA) is 17.1 Å². The number of carbonyl (C=O) groups excluding carboxylic acids is 1. The molecule has 0 bridgehead atoms. The smallest absolute Gasteiger partial charge is 0.150 e. The number of hydrogen-bond acceptors (Lipinski definition) is 1. The summed E-state index contributed by atoms with van der Waals surface area (Å²) in [5.74, 6) is 0. The van der Waals surface area contributed by atoms with Gasteiger partial charge in [0.1, 0.15) is 6.29 Å². The molecule has 104 valence electrons. The Balaban J connectivity index is 0.000000173. The highest BCUT2D eigenvalue weighted by Gasteiger charge is 1.92. The Labute approximate surface area is 127 Å². The lowest BCUT2D eigenvalue weighted by Gasteiger charge is -2.00. The van der Waals surface area contributed by atoms with E-state index in [1.54, 1.807) is 12.1 Å². The van der Waals surface area contributed by atoms with Crippen LogP contribution < -0.4 is 10.6 Å². The SMILES string of the molecule is O=Cc1ccccc1.c1ccc(Pc2ccccc2)cc1. The first-order chi connectivity index (χ1) is 10.4. The monoisotopic (exact) mass is 292 g/mol. The van der Waals surface area contributed by atoms with Crippen LogP contribution in [0, 0.1) is 0 Å². The molecule has 0 amide bonds. The Kier molecular flexibility index (Phi) is 6.38. The van der Waals surface area contributed by atoms with Gasteiger partial charge in [0.25, 0.3) is 0 Å². The van der Waals surface area contributed by atoms with E-state index >= 15 is 0 Å². The van der Waals surface area contributed by atoms with Crippen molar-refractivity contribution in [3.63, 3.8) is 0 Å². The molecule has 0 aromatic heterocycles. The van der Waals surface area contributed by atoms with Gasteiger partial charge in [-0.3, -0.25) is 4.79 Å². The highest BCUT2D eigenvalue weighted by atomic mass is 31.1. The molecule has 0 saturated carbocycles. The molecule has 21 heavy (non-hydrogen) atoms. The van der Waals surface area contributed by atoms with Crippen LogP contribution in [0.3, 0.4) is 0 Å². The lowest BCUT2D eigenvalue weighted by Crippen LogP contribution is -2.01. The van der Waals surface area contributed by atoms with E-state index in [0.717, 1.165) is 20.4 Å². The van der Waals surface area contributed by atoms with Gasteiger partial charge in [-0.1, -0.05) is 99.6 Å². The van der Waals surface area contributed by atoms with E-state index in [1.165, 1.54) is 10.6 Å². The summed E-state index contributed by atoms with van der Waals surface area (Å²) in [6, 6.07) is 30.2. The molecular weight excluding hydrogens is 275 g/mol. The highest BCUT2D eigenvalue weighted by molar-refractivity contribution is 7.55. The van der Waals surface area contributed by atoms with E-state index in [-0.39, 0.29) is 0 Å². The van der Waals surface area contributed by atoms with E-state index < -0.39 is 0 Å². The van der Waals surface area contributed by atoms with Gasteiger partial charge in [0.2, 0.25) is 0 Å². The van der Waals surface area contributed by atoms with Crippen LogP contribution in [-0.2, 0) is 0 Å². The van der Waals surface area contributed by atoms with Crippen molar-refractivity contribution >= 4 is 25.5 Å². The average Bonchev–Trinajstić information content (AvgIpc) is 2.58. The molecule has 0 N–H and O–H groups in total. The predicted molar refractivity (Wildman–Crippen MR) is 92.3 cm³/mol. The maximum atomic E-state index is 10.0. The third-order valence-corrected chi connectivity index (χ3v) is 4.02. The lowest BCUT2D eigenvalue weighted by molar-refractivity contribution is 0.112. The van der Waals surface area contributed by atoms with Gasteiger partial charge in [0.05, 0.1) is 0 Å². The highest BCUT2D eigenvalue weighted by Crippen LogP contribution is 2.08. The number of benzene rings is 3. The first kappa shape index (κ1) is 15.2. The molecule has 0 spiro atoms. The molecule has 0 aliphatic rings. The number of rotatable bonds is 3. The summed E-state index contributed by atoms with van der Waals surface area (Å²) in [5, 5.41) is 2.79. The third kappa shape index (κ3) is 5.72. The first-order valence-electron chi connectivity index (χ1n) is 6.76. The van der Waals surface area contributed by atoms with Crippen molar-refractivity contribution in [3.05, 3.63) is 96.6 Å². The summed E-state index contributed by atoms with van der Waals surface area (Å²) in [6.07, 6.45) is 0.833. The van der Waals surface area contributed by atoms with Crippen molar-refractivity contribution < 1.29 is 4.79 Å². The molecule has 0 atom stereocenters.